The fourth-order valence-corrected chi connectivity index (χ4v) is 3.26. The lowest BCUT2D eigenvalue weighted by atomic mass is 10.0. The molecule has 1 saturated heterocycles. The summed E-state index contributed by atoms with van der Waals surface area (Å²) in [6.45, 7) is 0. The Morgan fingerprint density at radius 3 is 2.83 bits per heavy atom. The molecule has 0 spiro atoms. The molecule has 4 heteroatoms. The fourth-order valence-electron chi connectivity index (χ4n) is 2.17. The van der Waals surface area contributed by atoms with Crippen LogP contribution < -0.4 is 5.32 Å². The van der Waals surface area contributed by atoms with Gasteiger partial charge in [0.25, 0.3) is 0 Å². The molecule has 3 nitrogen and oxygen atoms in total. The Morgan fingerprint density at radius 2 is 2.22 bits per heavy atom. The predicted octanol–water partition coefficient (Wildman–Crippen LogP) is 2.39. The van der Waals surface area contributed by atoms with Crippen LogP contribution in [-0.4, -0.2) is 30.6 Å². The number of carbonyl (C=O) groups excluding carboxylic acids is 1. The number of nitrogens with one attached hydrogen (secondary N) is 1. The Labute approximate surface area is 112 Å². The van der Waals surface area contributed by atoms with E-state index in [4.69, 9.17) is 4.74 Å². The second-order valence-corrected chi connectivity index (χ2v) is 5.60. The first-order valence-corrected chi connectivity index (χ1v) is 7.43. The van der Waals surface area contributed by atoms with Crippen molar-refractivity contribution in [3.63, 3.8) is 0 Å². The Kier molecular flexibility index (Phi) is 5.08. The highest BCUT2D eigenvalue weighted by Gasteiger charge is 2.25. The minimum absolute atomic E-state index is 0.211. The molecule has 0 aromatic heterocycles. The molecule has 0 bridgehead atoms. The first kappa shape index (κ1) is 13.4. The van der Waals surface area contributed by atoms with Crippen molar-refractivity contribution < 1.29 is 9.53 Å². The number of hydrogen-bond acceptors (Lipinski definition) is 4. The van der Waals surface area contributed by atoms with E-state index in [0.29, 0.717) is 6.04 Å². The second kappa shape index (κ2) is 6.81. The van der Waals surface area contributed by atoms with Crippen LogP contribution in [-0.2, 0) is 9.53 Å². The fraction of sp³-hybridized carbons (Fsp3) is 0.500. The van der Waals surface area contributed by atoms with Crippen LogP contribution in [0.4, 0.5) is 0 Å². The first-order valence-electron chi connectivity index (χ1n) is 6.28. The molecule has 2 rings (SSSR count). The van der Waals surface area contributed by atoms with Gasteiger partial charge in [-0.2, -0.15) is 11.8 Å². The quantitative estimate of drug-likeness (QED) is 0.848. The van der Waals surface area contributed by atoms with Gasteiger partial charge in [-0.15, -0.1) is 0 Å². The molecule has 1 N–H and O–H groups in total. The number of thioether (sulfide) groups is 1. The van der Waals surface area contributed by atoms with Crippen molar-refractivity contribution in [1.29, 1.82) is 0 Å². The minimum Gasteiger partial charge on any atom is -0.468 e. The highest BCUT2D eigenvalue weighted by Crippen LogP contribution is 2.21. The maximum Gasteiger partial charge on any atom is 0.327 e. The van der Waals surface area contributed by atoms with Crippen LogP contribution in [0.25, 0.3) is 0 Å². The average Bonchev–Trinajstić information content (AvgIpc) is 2.46. The van der Waals surface area contributed by atoms with Crippen molar-refractivity contribution in [3.05, 3.63) is 35.9 Å². The summed E-state index contributed by atoms with van der Waals surface area (Å²) in [5, 5.41) is 3.43. The van der Waals surface area contributed by atoms with E-state index in [0.717, 1.165) is 17.7 Å². The maximum atomic E-state index is 11.9. The molecule has 1 aromatic rings. The molecule has 0 saturated carbocycles. The molecular weight excluding hydrogens is 246 g/mol. The molecule has 1 aliphatic rings. The second-order valence-electron chi connectivity index (χ2n) is 4.45. The predicted molar refractivity (Wildman–Crippen MR) is 74.7 cm³/mol. The van der Waals surface area contributed by atoms with Gasteiger partial charge in [0.1, 0.15) is 6.04 Å². The molecule has 98 valence electrons. The number of carbonyl (C=O) groups is 1. The summed E-state index contributed by atoms with van der Waals surface area (Å²) in [5.74, 6) is 2.09. The third-order valence-corrected chi connectivity index (χ3v) is 4.35. The van der Waals surface area contributed by atoms with Gasteiger partial charge < -0.3 is 4.74 Å². The van der Waals surface area contributed by atoms with E-state index in [1.165, 1.54) is 19.3 Å². The summed E-state index contributed by atoms with van der Waals surface area (Å²) in [5.41, 5.74) is 0.972. The van der Waals surface area contributed by atoms with Crippen LogP contribution >= 0.6 is 11.8 Å². The van der Waals surface area contributed by atoms with Crippen LogP contribution in [0.15, 0.2) is 30.3 Å². The van der Waals surface area contributed by atoms with E-state index in [9.17, 15) is 4.79 Å². The number of rotatable bonds is 4. The first-order chi connectivity index (χ1) is 8.81. The molecule has 1 aliphatic heterocycles. The van der Waals surface area contributed by atoms with Gasteiger partial charge in [-0.05, 0) is 24.2 Å². The number of esters is 1. The van der Waals surface area contributed by atoms with E-state index in [-0.39, 0.29) is 12.0 Å². The summed E-state index contributed by atoms with van der Waals surface area (Å²) < 4.78 is 4.90. The standard InChI is InChI=1S/C14H19NO2S/c1-17-14(16)13(11-6-3-2-4-7-11)15-12-8-5-9-18-10-12/h2-4,6-7,12-13,15H,5,8-10H2,1H3/t12-,13-/m0/s1. The van der Waals surface area contributed by atoms with E-state index in [1.807, 2.05) is 42.1 Å². The molecule has 2 atom stereocenters. The molecule has 18 heavy (non-hydrogen) atoms. The van der Waals surface area contributed by atoms with Gasteiger partial charge in [0, 0.05) is 11.8 Å². The van der Waals surface area contributed by atoms with Gasteiger partial charge in [-0.25, -0.2) is 4.79 Å². The van der Waals surface area contributed by atoms with Gasteiger partial charge in [0.2, 0.25) is 0 Å². The number of hydrogen-bond donors (Lipinski definition) is 1. The van der Waals surface area contributed by atoms with Crippen molar-refractivity contribution in [2.75, 3.05) is 18.6 Å². The van der Waals surface area contributed by atoms with E-state index >= 15 is 0 Å². The summed E-state index contributed by atoms with van der Waals surface area (Å²) in [4.78, 5) is 11.9. The van der Waals surface area contributed by atoms with Crippen molar-refractivity contribution in [3.8, 4) is 0 Å². The van der Waals surface area contributed by atoms with Crippen molar-refractivity contribution >= 4 is 17.7 Å². The van der Waals surface area contributed by atoms with E-state index < -0.39 is 0 Å². The maximum absolute atomic E-state index is 11.9. The largest absolute Gasteiger partial charge is 0.468 e. The van der Waals surface area contributed by atoms with Crippen LogP contribution in [0.5, 0.6) is 0 Å². The number of methoxy groups -OCH3 is 1. The third kappa shape index (κ3) is 3.50. The highest BCUT2D eigenvalue weighted by molar-refractivity contribution is 7.99. The summed E-state index contributed by atoms with van der Waals surface area (Å²) in [6, 6.07) is 9.82. The summed E-state index contributed by atoms with van der Waals surface area (Å²) >= 11 is 1.94. The van der Waals surface area contributed by atoms with Crippen LogP contribution in [0.2, 0.25) is 0 Å². The Morgan fingerprint density at radius 1 is 1.44 bits per heavy atom. The Balaban J connectivity index is 2.07. The van der Waals surface area contributed by atoms with Crippen molar-refractivity contribution in [1.82, 2.24) is 5.32 Å². The van der Waals surface area contributed by atoms with E-state index in [1.54, 1.807) is 0 Å². The Bertz CT molecular complexity index is 377. The summed E-state index contributed by atoms with van der Waals surface area (Å²) in [7, 11) is 1.44. The molecule has 0 aliphatic carbocycles. The molecule has 1 heterocycles. The van der Waals surface area contributed by atoms with Gasteiger partial charge in [-0.3, -0.25) is 5.32 Å². The lowest BCUT2D eigenvalue weighted by Crippen LogP contribution is -2.40. The van der Waals surface area contributed by atoms with Crippen LogP contribution in [0.3, 0.4) is 0 Å². The number of ether oxygens (including phenoxy) is 1. The molecule has 0 radical (unpaired) electrons. The smallest absolute Gasteiger partial charge is 0.327 e. The summed E-state index contributed by atoms with van der Waals surface area (Å²) in [6.07, 6.45) is 2.35. The monoisotopic (exact) mass is 265 g/mol. The molecular formula is C14H19NO2S. The zero-order valence-electron chi connectivity index (χ0n) is 10.6. The van der Waals surface area contributed by atoms with Crippen LogP contribution in [0.1, 0.15) is 24.4 Å². The molecule has 1 fully saturated rings. The SMILES string of the molecule is COC(=O)[C@@H](N[C@H]1CCCSC1)c1ccccc1. The van der Waals surface area contributed by atoms with Gasteiger partial charge in [0.15, 0.2) is 0 Å². The zero-order valence-corrected chi connectivity index (χ0v) is 11.4. The molecule has 1 aromatic carbocycles. The average molecular weight is 265 g/mol. The molecule has 0 amide bonds. The Hall–Kier alpha value is -1.00. The molecule has 0 unspecified atom stereocenters. The van der Waals surface area contributed by atoms with Crippen molar-refractivity contribution in [2.45, 2.75) is 24.9 Å². The van der Waals surface area contributed by atoms with Gasteiger partial charge >= 0.3 is 5.97 Å². The highest BCUT2D eigenvalue weighted by atomic mass is 32.2. The van der Waals surface area contributed by atoms with E-state index in [2.05, 4.69) is 5.32 Å². The zero-order chi connectivity index (χ0) is 12.8. The normalized spacial score (nSPS) is 21.3. The topological polar surface area (TPSA) is 38.3 Å². The van der Waals surface area contributed by atoms with Gasteiger partial charge in [-0.1, -0.05) is 30.3 Å². The minimum atomic E-state index is -0.347. The third-order valence-electron chi connectivity index (χ3n) is 3.13. The van der Waals surface area contributed by atoms with Gasteiger partial charge in [0.05, 0.1) is 7.11 Å². The lowest BCUT2D eigenvalue weighted by molar-refractivity contribution is -0.143. The van der Waals surface area contributed by atoms with Crippen LogP contribution in [0, 0.1) is 0 Å². The van der Waals surface area contributed by atoms with Crippen molar-refractivity contribution in [2.24, 2.45) is 0 Å². The number of benzene rings is 1. The lowest BCUT2D eigenvalue weighted by Gasteiger charge is -2.27.